The number of hydrogen-bond acceptors (Lipinski definition) is 7. The van der Waals surface area contributed by atoms with E-state index in [1.54, 1.807) is 18.4 Å². The fraction of sp³-hybridized carbons (Fsp3) is 0.211. The number of amides is 2. The molecule has 2 heterocycles. The molecule has 3 aromatic rings. The Balaban J connectivity index is 1.58. The first-order valence-corrected chi connectivity index (χ1v) is 9.39. The lowest BCUT2D eigenvalue weighted by Gasteiger charge is -2.27. The Morgan fingerprint density at radius 3 is 2.64 bits per heavy atom. The Morgan fingerprint density at radius 2 is 1.93 bits per heavy atom. The third-order valence-electron chi connectivity index (χ3n) is 4.87. The van der Waals surface area contributed by atoms with Crippen LogP contribution in [0.1, 0.15) is 38.7 Å². The Bertz CT molecular complexity index is 1090. The Labute approximate surface area is 164 Å². The number of nitro groups is 1. The van der Waals surface area contributed by atoms with Crippen molar-refractivity contribution in [2.75, 3.05) is 13.7 Å². The zero-order chi connectivity index (χ0) is 20.0. The molecule has 4 rings (SSSR count). The van der Waals surface area contributed by atoms with E-state index in [1.165, 1.54) is 18.2 Å². The molecule has 8 nitrogen and oxygen atoms in total. The molecule has 1 aliphatic heterocycles. The summed E-state index contributed by atoms with van der Waals surface area (Å²) in [6.07, 6.45) is 0. The molecule has 2 amide bonds. The molecular weight excluding hydrogens is 380 g/mol. The van der Waals surface area contributed by atoms with Crippen molar-refractivity contribution in [3.8, 4) is 0 Å². The van der Waals surface area contributed by atoms with Gasteiger partial charge >= 0.3 is 0 Å². The number of carbonyl (C=O) groups is 2. The van der Waals surface area contributed by atoms with Crippen LogP contribution in [0, 0.1) is 10.1 Å². The smallest absolute Gasteiger partial charge is 0.279 e. The van der Waals surface area contributed by atoms with Crippen molar-refractivity contribution in [2.45, 2.75) is 13.0 Å². The van der Waals surface area contributed by atoms with Crippen molar-refractivity contribution in [3.63, 3.8) is 0 Å². The second-order valence-electron chi connectivity index (χ2n) is 6.59. The molecule has 1 aromatic heterocycles. The molecular formula is C19H16N4O4S. The highest BCUT2D eigenvalue weighted by atomic mass is 32.1. The van der Waals surface area contributed by atoms with Gasteiger partial charge in [0.05, 0.1) is 33.4 Å². The highest BCUT2D eigenvalue weighted by molar-refractivity contribution is 7.18. The minimum atomic E-state index is -0.643. The predicted molar refractivity (Wildman–Crippen MR) is 104 cm³/mol. The molecule has 0 spiro atoms. The van der Waals surface area contributed by atoms with Crippen LogP contribution in [-0.2, 0) is 0 Å². The minimum absolute atomic E-state index is 0.0145. The number of thiazole rings is 1. The van der Waals surface area contributed by atoms with E-state index < -0.39 is 16.7 Å². The van der Waals surface area contributed by atoms with E-state index in [1.807, 2.05) is 36.1 Å². The number of nitrogens with zero attached hydrogens (tertiary/aromatic N) is 4. The quantitative estimate of drug-likeness (QED) is 0.372. The molecule has 28 heavy (non-hydrogen) atoms. The third kappa shape index (κ3) is 2.85. The normalized spacial score (nSPS) is 14.8. The average Bonchev–Trinajstić information content (AvgIpc) is 3.22. The second kappa shape index (κ2) is 6.77. The minimum Gasteiger partial charge on any atom is -0.279 e. The zero-order valence-electron chi connectivity index (χ0n) is 15.2. The van der Waals surface area contributed by atoms with E-state index in [-0.39, 0.29) is 29.5 Å². The van der Waals surface area contributed by atoms with Crippen LogP contribution in [0.15, 0.2) is 42.5 Å². The van der Waals surface area contributed by atoms with E-state index in [0.717, 1.165) is 20.1 Å². The number of imide groups is 1. The molecule has 2 aromatic carbocycles. The molecule has 0 N–H and O–H groups in total. The Morgan fingerprint density at radius 1 is 1.18 bits per heavy atom. The van der Waals surface area contributed by atoms with E-state index in [2.05, 4.69) is 4.98 Å². The second-order valence-corrected chi connectivity index (χ2v) is 7.65. The van der Waals surface area contributed by atoms with Crippen molar-refractivity contribution in [1.29, 1.82) is 0 Å². The van der Waals surface area contributed by atoms with Gasteiger partial charge in [-0.3, -0.25) is 29.5 Å². The van der Waals surface area contributed by atoms with E-state index >= 15 is 0 Å². The Kier molecular flexibility index (Phi) is 4.40. The topological polar surface area (TPSA) is 96.7 Å². The van der Waals surface area contributed by atoms with Gasteiger partial charge in [0, 0.05) is 6.07 Å². The number of hydrogen-bond donors (Lipinski definition) is 0. The fourth-order valence-electron chi connectivity index (χ4n) is 3.20. The summed E-state index contributed by atoms with van der Waals surface area (Å²) in [6.45, 7) is 1.96. The van der Waals surface area contributed by atoms with Gasteiger partial charge in [-0.25, -0.2) is 4.98 Å². The lowest BCUT2D eigenvalue weighted by Crippen LogP contribution is -2.40. The summed E-state index contributed by atoms with van der Waals surface area (Å²) in [5, 5.41) is 12.1. The summed E-state index contributed by atoms with van der Waals surface area (Å²) < 4.78 is 1.06. The van der Waals surface area contributed by atoms with Crippen molar-refractivity contribution < 1.29 is 14.5 Å². The standard InChI is InChI=1S/C19H16N4O4S/c1-11(17-20-13-7-3-4-9-15(13)28-17)21(2)10-22-18(24)12-6-5-8-14(23(26)27)16(12)19(22)25/h3-9,11H,10H2,1-2H3/t11-/m1/s1. The van der Waals surface area contributed by atoms with Crippen LogP contribution in [0.3, 0.4) is 0 Å². The molecule has 0 bridgehead atoms. The van der Waals surface area contributed by atoms with Crippen molar-refractivity contribution >= 4 is 39.1 Å². The lowest BCUT2D eigenvalue weighted by molar-refractivity contribution is -0.385. The van der Waals surface area contributed by atoms with Gasteiger partial charge in [0.1, 0.15) is 10.6 Å². The number of fused-ring (bicyclic) bond motifs is 2. The third-order valence-corrected chi connectivity index (χ3v) is 6.07. The van der Waals surface area contributed by atoms with Gasteiger partial charge in [-0.15, -0.1) is 11.3 Å². The summed E-state index contributed by atoms with van der Waals surface area (Å²) in [5.41, 5.74) is 0.484. The predicted octanol–water partition coefficient (Wildman–Crippen LogP) is 3.45. The maximum atomic E-state index is 12.7. The van der Waals surface area contributed by atoms with Gasteiger partial charge in [0.15, 0.2) is 0 Å². The van der Waals surface area contributed by atoms with Gasteiger partial charge in [0.25, 0.3) is 17.5 Å². The molecule has 9 heteroatoms. The first-order chi connectivity index (χ1) is 13.4. The van der Waals surface area contributed by atoms with E-state index in [0.29, 0.717) is 0 Å². The first kappa shape index (κ1) is 18.2. The summed E-state index contributed by atoms with van der Waals surface area (Å²) in [7, 11) is 1.79. The van der Waals surface area contributed by atoms with Crippen LogP contribution in [0.5, 0.6) is 0 Å². The van der Waals surface area contributed by atoms with Gasteiger partial charge in [-0.05, 0) is 32.2 Å². The maximum absolute atomic E-state index is 12.7. The van der Waals surface area contributed by atoms with E-state index in [9.17, 15) is 19.7 Å². The molecule has 0 saturated heterocycles. The van der Waals surface area contributed by atoms with Crippen molar-refractivity contribution in [2.24, 2.45) is 0 Å². The fourth-order valence-corrected chi connectivity index (χ4v) is 4.28. The van der Waals surface area contributed by atoms with E-state index in [4.69, 9.17) is 0 Å². The summed E-state index contributed by atoms with van der Waals surface area (Å²) >= 11 is 1.56. The highest BCUT2D eigenvalue weighted by Crippen LogP contribution is 2.33. The van der Waals surface area contributed by atoms with Gasteiger partial charge in [0.2, 0.25) is 0 Å². The summed E-state index contributed by atoms with van der Waals surface area (Å²) in [4.78, 5) is 43.5. The number of para-hydroxylation sites is 1. The Hall–Kier alpha value is -3.17. The lowest BCUT2D eigenvalue weighted by atomic mass is 10.1. The van der Waals surface area contributed by atoms with Crippen LogP contribution in [0.4, 0.5) is 5.69 Å². The van der Waals surface area contributed by atoms with Crippen LogP contribution in [-0.4, -0.2) is 45.2 Å². The average molecular weight is 396 g/mol. The van der Waals surface area contributed by atoms with Crippen molar-refractivity contribution in [3.05, 3.63) is 68.7 Å². The van der Waals surface area contributed by atoms with Gasteiger partial charge < -0.3 is 0 Å². The molecule has 0 saturated carbocycles. The molecule has 1 atom stereocenters. The first-order valence-electron chi connectivity index (χ1n) is 8.57. The van der Waals surface area contributed by atoms with Gasteiger partial charge in [-0.1, -0.05) is 18.2 Å². The zero-order valence-corrected chi connectivity index (χ0v) is 16.0. The SMILES string of the molecule is C[C@H](c1nc2ccccc2s1)N(C)CN1C(=O)c2cccc([N+](=O)[O-])c2C1=O. The van der Waals surface area contributed by atoms with Gasteiger partial charge in [-0.2, -0.15) is 0 Å². The highest BCUT2D eigenvalue weighted by Gasteiger charge is 2.41. The largest absolute Gasteiger partial charge is 0.282 e. The number of aromatic nitrogens is 1. The summed E-state index contributed by atoms with van der Waals surface area (Å²) in [5.74, 6) is -1.16. The number of carbonyl (C=O) groups excluding carboxylic acids is 2. The number of nitro benzene ring substituents is 1. The number of benzene rings is 2. The molecule has 0 aliphatic carbocycles. The molecule has 1 aliphatic rings. The summed E-state index contributed by atoms with van der Waals surface area (Å²) in [6, 6.07) is 11.8. The molecule has 0 radical (unpaired) electrons. The van der Waals surface area contributed by atoms with Crippen LogP contribution in [0.2, 0.25) is 0 Å². The van der Waals surface area contributed by atoms with Crippen LogP contribution >= 0.6 is 11.3 Å². The maximum Gasteiger partial charge on any atom is 0.282 e. The van der Waals surface area contributed by atoms with Crippen LogP contribution < -0.4 is 0 Å². The number of rotatable bonds is 5. The monoisotopic (exact) mass is 396 g/mol. The molecule has 0 fully saturated rings. The molecule has 0 unspecified atom stereocenters. The van der Waals surface area contributed by atoms with Crippen LogP contribution in [0.25, 0.3) is 10.2 Å². The molecule has 142 valence electrons. The van der Waals surface area contributed by atoms with Crippen molar-refractivity contribution in [1.82, 2.24) is 14.8 Å².